The van der Waals surface area contributed by atoms with Crippen molar-refractivity contribution in [3.05, 3.63) is 47.0 Å². The van der Waals surface area contributed by atoms with E-state index in [1.165, 1.54) is 7.11 Å². The molecule has 4 rings (SSSR count). The smallest absolute Gasteiger partial charge is 0.254 e. The van der Waals surface area contributed by atoms with Gasteiger partial charge in [0.2, 0.25) is 5.91 Å². The number of likely N-dealkylation sites (N-methyl/N-ethyl adjacent to an activating group) is 1. The van der Waals surface area contributed by atoms with Crippen LogP contribution in [-0.2, 0) is 4.79 Å². The molecule has 1 saturated heterocycles. The van der Waals surface area contributed by atoms with Crippen LogP contribution in [0, 0.1) is 0 Å². The molecule has 0 spiro atoms. The normalized spacial score (nSPS) is 19.8. The van der Waals surface area contributed by atoms with E-state index in [0.29, 0.717) is 47.2 Å². The maximum atomic E-state index is 13.9. The fraction of sp³-hybridized carbons (Fsp3) is 0.440. The molecule has 2 aliphatic rings. The first-order valence-corrected chi connectivity index (χ1v) is 11.0. The average Bonchev–Trinajstić information content (AvgIpc) is 3.39. The number of carbonyl (C=O) groups is 2. The quantitative estimate of drug-likeness (QED) is 0.667. The van der Waals surface area contributed by atoms with Gasteiger partial charge in [-0.2, -0.15) is 0 Å². The Morgan fingerprint density at radius 1 is 0.848 bits per heavy atom. The number of hydrogen-bond acceptors (Lipinski definition) is 6. The Balaban J connectivity index is 1.92. The van der Waals surface area contributed by atoms with Crippen LogP contribution in [0.15, 0.2) is 30.3 Å². The van der Waals surface area contributed by atoms with Gasteiger partial charge in [0.1, 0.15) is 0 Å². The van der Waals surface area contributed by atoms with Gasteiger partial charge in [-0.05, 0) is 48.2 Å². The van der Waals surface area contributed by atoms with Crippen molar-refractivity contribution < 1.29 is 28.5 Å². The number of hydrogen-bond donors (Lipinski definition) is 0. The van der Waals surface area contributed by atoms with E-state index in [1.54, 1.807) is 51.5 Å². The fourth-order valence-corrected chi connectivity index (χ4v) is 4.90. The van der Waals surface area contributed by atoms with Gasteiger partial charge in [0.15, 0.2) is 23.0 Å². The highest BCUT2D eigenvalue weighted by Gasteiger charge is 2.45. The number of amides is 2. The van der Waals surface area contributed by atoms with Crippen LogP contribution >= 0.6 is 0 Å². The first-order chi connectivity index (χ1) is 15.9. The molecule has 2 aliphatic heterocycles. The molecule has 8 heteroatoms. The number of rotatable bonds is 6. The van der Waals surface area contributed by atoms with Crippen LogP contribution in [0.2, 0.25) is 0 Å². The summed E-state index contributed by atoms with van der Waals surface area (Å²) >= 11 is 0. The predicted molar refractivity (Wildman–Crippen MR) is 122 cm³/mol. The van der Waals surface area contributed by atoms with E-state index in [4.69, 9.17) is 18.9 Å². The summed E-state index contributed by atoms with van der Waals surface area (Å²) in [6.45, 7) is 1.43. The number of fused-ring (bicyclic) bond motifs is 1. The third-order valence-electron chi connectivity index (χ3n) is 6.61. The van der Waals surface area contributed by atoms with Crippen LogP contribution in [0.5, 0.6) is 23.0 Å². The minimum absolute atomic E-state index is 0.0000970. The largest absolute Gasteiger partial charge is 0.493 e. The Morgan fingerprint density at radius 2 is 1.42 bits per heavy atom. The second-order valence-corrected chi connectivity index (χ2v) is 8.28. The van der Waals surface area contributed by atoms with Gasteiger partial charge in [-0.25, -0.2) is 0 Å². The molecule has 0 bridgehead atoms. The third kappa shape index (κ3) is 3.83. The Morgan fingerprint density at radius 3 is 2.03 bits per heavy atom. The Labute approximate surface area is 194 Å². The predicted octanol–water partition coefficient (Wildman–Crippen LogP) is 3.25. The van der Waals surface area contributed by atoms with E-state index in [1.807, 2.05) is 17.0 Å². The Kier molecular flexibility index (Phi) is 6.35. The summed E-state index contributed by atoms with van der Waals surface area (Å²) in [5.74, 6) is 1.28. The first-order valence-electron chi connectivity index (χ1n) is 11.0. The standard InChI is InChI=1S/C25H30N2O6/c1-26-23(15-8-9-18(30-2)19(12-15)31-3)22(25(29)27-10-6-7-11-27)16-13-20(32-4)21(33-5)14-17(16)24(26)28/h8-9,12-14,22-23H,6-7,10-11H2,1-5H3/t22-,23-/m0/s1. The molecule has 2 aromatic rings. The van der Waals surface area contributed by atoms with Crippen molar-refractivity contribution in [1.29, 1.82) is 0 Å². The number of ether oxygens (including phenoxy) is 4. The topological polar surface area (TPSA) is 77.5 Å². The van der Waals surface area contributed by atoms with Gasteiger partial charge < -0.3 is 28.7 Å². The molecule has 0 N–H and O–H groups in total. The highest BCUT2D eigenvalue weighted by Crippen LogP contribution is 2.47. The second-order valence-electron chi connectivity index (χ2n) is 8.28. The minimum Gasteiger partial charge on any atom is -0.493 e. The van der Waals surface area contributed by atoms with E-state index >= 15 is 0 Å². The van der Waals surface area contributed by atoms with Gasteiger partial charge >= 0.3 is 0 Å². The molecule has 0 unspecified atom stereocenters. The third-order valence-corrected chi connectivity index (χ3v) is 6.61. The highest BCUT2D eigenvalue weighted by atomic mass is 16.5. The molecular formula is C25H30N2O6. The Bertz CT molecular complexity index is 1060. The summed E-state index contributed by atoms with van der Waals surface area (Å²) in [5, 5.41) is 0. The lowest BCUT2D eigenvalue weighted by molar-refractivity contribution is -0.133. The average molecular weight is 455 g/mol. The van der Waals surface area contributed by atoms with Gasteiger partial charge in [-0.3, -0.25) is 9.59 Å². The van der Waals surface area contributed by atoms with E-state index < -0.39 is 12.0 Å². The molecule has 0 radical (unpaired) electrons. The summed E-state index contributed by atoms with van der Waals surface area (Å²) in [5.41, 5.74) is 1.89. The Hall–Kier alpha value is -3.42. The lowest BCUT2D eigenvalue weighted by Gasteiger charge is -2.41. The molecule has 0 saturated carbocycles. The molecule has 1 fully saturated rings. The summed E-state index contributed by atoms with van der Waals surface area (Å²) in [6, 6.07) is 8.44. The number of likely N-dealkylation sites (tertiary alicyclic amines) is 1. The summed E-state index contributed by atoms with van der Waals surface area (Å²) in [4.78, 5) is 30.9. The van der Waals surface area contributed by atoms with Crippen LogP contribution < -0.4 is 18.9 Å². The van der Waals surface area contributed by atoms with E-state index in [0.717, 1.165) is 18.4 Å². The van der Waals surface area contributed by atoms with Gasteiger partial charge in [-0.15, -0.1) is 0 Å². The lowest BCUT2D eigenvalue weighted by atomic mass is 9.78. The minimum atomic E-state index is -0.598. The summed E-state index contributed by atoms with van der Waals surface area (Å²) in [7, 11) is 7.94. The van der Waals surface area contributed by atoms with Crippen LogP contribution in [0.25, 0.3) is 0 Å². The van der Waals surface area contributed by atoms with Crippen LogP contribution in [0.1, 0.15) is 46.3 Å². The van der Waals surface area contributed by atoms with Gasteiger partial charge in [0.25, 0.3) is 5.91 Å². The molecule has 33 heavy (non-hydrogen) atoms. The number of carbonyl (C=O) groups excluding carboxylic acids is 2. The monoisotopic (exact) mass is 454 g/mol. The summed E-state index contributed by atoms with van der Waals surface area (Å²) < 4.78 is 21.8. The molecule has 176 valence electrons. The van der Waals surface area contributed by atoms with Crippen molar-refractivity contribution in [3.63, 3.8) is 0 Å². The zero-order valence-electron chi connectivity index (χ0n) is 19.7. The van der Waals surface area contributed by atoms with Crippen molar-refractivity contribution >= 4 is 11.8 Å². The van der Waals surface area contributed by atoms with Gasteiger partial charge in [0, 0.05) is 25.7 Å². The zero-order chi connectivity index (χ0) is 23.7. The molecule has 2 atom stereocenters. The van der Waals surface area contributed by atoms with Crippen molar-refractivity contribution in [3.8, 4) is 23.0 Å². The van der Waals surface area contributed by atoms with Gasteiger partial charge in [-0.1, -0.05) is 6.07 Å². The SMILES string of the molecule is COc1ccc([C@H]2[C@@H](C(=O)N3CCCC3)c3cc(OC)c(OC)cc3C(=O)N2C)cc1OC. The number of benzene rings is 2. The highest BCUT2D eigenvalue weighted by molar-refractivity contribution is 6.02. The van der Waals surface area contributed by atoms with Crippen molar-refractivity contribution in [2.45, 2.75) is 24.8 Å². The molecule has 2 aromatic carbocycles. The number of nitrogens with zero attached hydrogens (tertiary/aromatic N) is 2. The van der Waals surface area contributed by atoms with Crippen molar-refractivity contribution in [2.75, 3.05) is 48.6 Å². The van der Waals surface area contributed by atoms with Crippen LogP contribution in [-0.4, -0.2) is 70.2 Å². The van der Waals surface area contributed by atoms with Crippen molar-refractivity contribution in [1.82, 2.24) is 9.80 Å². The zero-order valence-corrected chi connectivity index (χ0v) is 19.7. The molecular weight excluding hydrogens is 424 g/mol. The maximum Gasteiger partial charge on any atom is 0.254 e. The number of methoxy groups -OCH3 is 4. The van der Waals surface area contributed by atoms with Crippen molar-refractivity contribution in [2.24, 2.45) is 0 Å². The fourth-order valence-electron chi connectivity index (χ4n) is 4.90. The summed E-state index contributed by atoms with van der Waals surface area (Å²) in [6.07, 6.45) is 1.96. The lowest BCUT2D eigenvalue weighted by Crippen LogP contribution is -2.46. The second kappa shape index (κ2) is 9.21. The molecule has 8 nitrogen and oxygen atoms in total. The van der Waals surface area contributed by atoms with Crippen LogP contribution in [0.3, 0.4) is 0 Å². The molecule has 0 aromatic heterocycles. The molecule has 2 heterocycles. The van der Waals surface area contributed by atoms with E-state index in [9.17, 15) is 9.59 Å². The first kappa shape index (κ1) is 22.8. The molecule has 2 amide bonds. The van der Waals surface area contributed by atoms with Gasteiger partial charge in [0.05, 0.1) is 40.4 Å². The maximum absolute atomic E-state index is 13.9. The van der Waals surface area contributed by atoms with Crippen LogP contribution in [0.4, 0.5) is 0 Å². The van der Waals surface area contributed by atoms with E-state index in [2.05, 4.69) is 0 Å². The molecule has 0 aliphatic carbocycles. The van der Waals surface area contributed by atoms with E-state index in [-0.39, 0.29) is 11.8 Å².